The van der Waals surface area contributed by atoms with E-state index in [-0.39, 0.29) is 15.8 Å². The van der Waals surface area contributed by atoms with Crippen molar-refractivity contribution in [3.63, 3.8) is 0 Å². The van der Waals surface area contributed by atoms with Crippen LogP contribution in [0.5, 0.6) is 5.75 Å². The lowest BCUT2D eigenvalue weighted by molar-refractivity contribution is 0.214. The summed E-state index contributed by atoms with van der Waals surface area (Å²) in [5.41, 5.74) is 13.7. The molecule has 0 bridgehead atoms. The highest BCUT2D eigenvalue weighted by molar-refractivity contribution is 6.35. The molecule has 9 heteroatoms. The van der Waals surface area contributed by atoms with Crippen LogP contribution in [0.1, 0.15) is 22.9 Å². The second-order valence-corrected chi connectivity index (χ2v) is 6.36. The summed E-state index contributed by atoms with van der Waals surface area (Å²) in [6, 6.07) is 7.37. The van der Waals surface area contributed by atoms with Gasteiger partial charge in [0.25, 0.3) is 0 Å². The van der Waals surface area contributed by atoms with Gasteiger partial charge in [-0.15, -0.1) is 0 Å². The van der Waals surface area contributed by atoms with Crippen LogP contribution in [-0.4, -0.2) is 15.7 Å². The molecule has 138 valence electrons. The van der Waals surface area contributed by atoms with Gasteiger partial charge in [-0.25, -0.2) is 4.98 Å². The molecule has 1 atom stereocenters. The molecule has 0 unspecified atom stereocenters. The summed E-state index contributed by atoms with van der Waals surface area (Å²) < 4.78 is 18.7. The van der Waals surface area contributed by atoms with Gasteiger partial charge in [-0.05, 0) is 30.3 Å². The van der Waals surface area contributed by atoms with Crippen molar-refractivity contribution in [2.45, 2.75) is 6.23 Å². The summed E-state index contributed by atoms with van der Waals surface area (Å²) in [5.74, 6) is -0.274. The molecule has 2 aromatic heterocycles. The first-order valence-electron chi connectivity index (χ1n) is 7.68. The van der Waals surface area contributed by atoms with Crippen molar-refractivity contribution in [3.05, 3.63) is 81.6 Å². The highest BCUT2D eigenvalue weighted by Gasteiger charge is 2.18. The lowest BCUT2D eigenvalue weighted by Gasteiger charge is -2.18. The van der Waals surface area contributed by atoms with Crippen molar-refractivity contribution in [1.82, 2.24) is 9.97 Å². The minimum atomic E-state index is -0.953. The van der Waals surface area contributed by atoms with Crippen molar-refractivity contribution < 1.29 is 9.13 Å². The maximum atomic E-state index is 13.0. The number of halogens is 3. The van der Waals surface area contributed by atoms with Gasteiger partial charge in [0.2, 0.25) is 5.95 Å². The molecule has 0 spiro atoms. The van der Waals surface area contributed by atoms with Crippen molar-refractivity contribution in [2.75, 3.05) is 5.73 Å². The summed E-state index contributed by atoms with van der Waals surface area (Å²) in [7, 11) is 0. The van der Waals surface area contributed by atoms with Crippen LogP contribution < -0.4 is 16.2 Å². The van der Waals surface area contributed by atoms with Crippen LogP contribution >= 0.6 is 23.2 Å². The molecule has 3 aromatic rings. The highest BCUT2D eigenvalue weighted by atomic mass is 35.5. The van der Waals surface area contributed by atoms with Gasteiger partial charge in [-0.2, -0.15) is 4.39 Å². The summed E-state index contributed by atoms with van der Waals surface area (Å²) in [6.45, 7) is 0. The molecule has 1 aromatic carbocycles. The molecule has 2 heterocycles. The predicted octanol–water partition coefficient (Wildman–Crippen LogP) is 3.96. The summed E-state index contributed by atoms with van der Waals surface area (Å²) in [4.78, 5) is 7.42. The van der Waals surface area contributed by atoms with Crippen LogP contribution in [0.15, 0.2) is 48.9 Å². The van der Waals surface area contributed by atoms with Gasteiger partial charge in [-0.1, -0.05) is 23.2 Å². The van der Waals surface area contributed by atoms with E-state index >= 15 is 0 Å². The van der Waals surface area contributed by atoms with Gasteiger partial charge < -0.3 is 10.5 Å². The zero-order chi connectivity index (χ0) is 19.6. The van der Waals surface area contributed by atoms with E-state index in [2.05, 4.69) is 9.97 Å². The molecule has 0 aliphatic carbocycles. The number of hydrogen-bond acceptors (Lipinski definition) is 6. The van der Waals surface area contributed by atoms with Gasteiger partial charge in [0.05, 0.1) is 15.8 Å². The molecular weight excluding hydrogens is 392 g/mol. The first-order chi connectivity index (χ1) is 12.9. The third-order valence-corrected chi connectivity index (χ3v) is 4.35. The van der Waals surface area contributed by atoms with E-state index < -0.39 is 12.2 Å². The summed E-state index contributed by atoms with van der Waals surface area (Å²) in [5, 5.41) is 8.86. The topological polar surface area (TPSA) is 111 Å². The monoisotopic (exact) mass is 405 g/mol. The number of aromatic nitrogens is 2. The normalized spacial score (nSPS) is 11.9. The molecule has 27 heavy (non-hydrogen) atoms. The molecule has 5 N–H and O–H groups in total. The molecule has 0 amide bonds. The zero-order valence-corrected chi connectivity index (χ0v) is 15.3. The first-order valence-corrected chi connectivity index (χ1v) is 8.44. The van der Waals surface area contributed by atoms with E-state index in [9.17, 15) is 4.39 Å². The van der Waals surface area contributed by atoms with E-state index in [1.54, 1.807) is 18.2 Å². The second-order valence-electron chi connectivity index (χ2n) is 5.55. The molecule has 0 aliphatic heterocycles. The second kappa shape index (κ2) is 7.87. The number of rotatable bonds is 5. The van der Waals surface area contributed by atoms with Gasteiger partial charge >= 0.3 is 0 Å². The van der Waals surface area contributed by atoms with Gasteiger partial charge in [0, 0.05) is 41.0 Å². The number of hydrogen-bond donors (Lipinski definition) is 3. The van der Waals surface area contributed by atoms with E-state index in [0.29, 0.717) is 28.1 Å². The Morgan fingerprint density at radius 3 is 2.44 bits per heavy atom. The summed E-state index contributed by atoms with van der Waals surface area (Å²) in [6.07, 6.45) is 3.13. The number of pyridine rings is 2. The largest absolute Gasteiger partial charge is 0.471 e. The van der Waals surface area contributed by atoms with E-state index in [4.69, 9.17) is 44.8 Å². The van der Waals surface area contributed by atoms with E-state index in [1.165, 1.54) is 30.7 Å². The number of nitrogens with zero attached hydrogens (tertiary/aromatic N) is 2. The van der Waals surface area contributed by atoms with Crippen molar-refractivity contribution in [3.8, 4) is 5.75 Å². The lowest BCUT2D eigenvalue weighted by atomic mass is 10.0. The standard InChI is InChI=1S/C18H14Cl2FN5O/c19-12-7-25-8-13(20)16(12)18(24)27-10-2-3-14(22)11(5-10)17(23)9-1-4-15(21)26-6-9/h1-8,18,23H,22,24H2/t18-/m0/s1. The molecule has 0 saturated heterocycles. The van der Waals surface area contributed by atoms with Gasteiger partial charge in [-0.3, -0.25) is 16.1 Å². The van der Waals surface area contributed by atoms with Crippen molar-refractivity contribution >= 4 is 34.6 Å². The third kappa shape index (κ3) is 4.16. The molecule has 6 nitrogen and oxygen atoms in total. The number of ether oxygens (including phenoxy) is 1. The molecule has 3 rings (SSSR count). The number of anilines is 1. The maximum Gasteiger partial charge on any atom is 0.212 e. The third-order valence-electron chi connectivity index (χ3n) is 3.75. The van der Waals surface area contributed by atoms with Gasteiger partial charge in [0.1, 0.15) is 5.75 Å². The van der Waals surface area contributed by atoms with Gasteiger partial charge in [0.15, 0.2) is 6.23 Å². The average molecular weight is 406 g/mol. The lowest BCUT2D eigenvalue weighted by Crippen LogP contribution is -2.19. The molecule has 0 aliphatic rings. The fourth-order valence-corrected chi connectivity index (χ4v) is 2.98. The first kappa shape index (κ1) is 19.0. The minimum absolute atomic E-state index is 0.0685. The zero-order valence-electron chi connectivity index (χ0n) is 13.8. The fourth-order valence-electron chi connectivity index (χ4n) is 2.40. The Labute approximate surface area is 164 Å². The Bertz CT molecular complexity index is 977. The minimum Gasteiger partial charge on any atom is -0.471 e. The van der Waals surface area contributed by atoms with Crippen LogP contribution in [0.25, 0.3) is 0 Å². The SMILES string of the molecule is N=C(c1ccc(F)nc1)c1cc(O[C@H](N)c2c(Cl)cncc2Cl)ccc1N. The average Bonchev–Trinajstić information content (AvgIpc) is 2.63. The highest BCUT2D eigenvalue weighted by Crippen LogP contribution is 2.31. The molecule has 0 fully saturated rings. The Kier molecular flexibility index (Phi) is 5.55. The Balaban J connectivity index is 1.89. The van der Waals surface area contributed by atoms with Crippen LogP contribution in [0.3, 0.4) is 0 Å². The number of benzene rings is 1. The Morgan fingerprint density at radius 1 is 1.11 bits per heavy atom. The quantitative estimate of drug-likeness (QED) is 0.257. The Morgan fingerprint density at radius 2 is 1.81 bits per heavy atom. The number of nitrogen functional groups attached to an aromatic ring is 1. The molecular formula is C18H14Cl2FN5O. The molecule has 0 radical (unpaired) electrons. The Hall–Kier alpha value is -2.74. The maximum absolute atomic E-state index is 13.0. The van der Waals surface area contributed by atoms with E-state index in [0.717, 1.165) is 0 Å². The van der Waals surface area contributed by atoms with Crippen molar-refractivity contribution in [2.24, 2.45) is 5.73 Å². The van der Waals surface area contributed by atoms with Crippen LogP contribution in [0.2, 0.25) is 10.0 Å². The van der Waals surface area contributed by atoms with E-state index in [1.807, 2.05) is 0 Å². The fraction of sp³-hybridized carbons (Fsp3) is 0.0556. The van der Waals surface area contributed by atoms with Crippen molar-refractivity contribution in [1.29, 1.82) is 5.41 Å². The van der Waals surface area contributed by atoms with Crippen LogP contribution in [0.4, 0.5) is 10.1 Å². The summed E-state index contributed by atoms with van der Waals surface area (Å²) >= 11 is 12.2. The van der Waals surface area contributed by atoms with Crippen LogP contribution in [-0.2, 0) is 0 Å². The number of nitrogens with one attached hydrogen (secondary N) is 1. The molecule has 0 saturated carbocycles. The number of nitrogens with two attached hydrogens (primary N) is 2. The van der Waals surface area contributed by atoms with Crippen LogP contribution in [0, 0.1) is 11.4 Å². The predicted molar refractivity (Wildman–Crippen MR) is 103 cm³/mol. The smallest absolute Gasteiger partial charge is 0.212 e.